The second-order valence-electron chi connectivity index (χ2n) is 6.42. The summed E-state index contributed by atoms with van der Waals surface area (Å²) in [7, 11) is -3.40. The first-order valence-electron chi connectivity index (χ1n) is 7.61. The Morgan fingerprint density at radius 3 is 2.38 bits per heavy atom. The molecular formula is C16H22ClNO2S. The molecule has 0 saturated heterocycles. The number of rotatable bonds is 6. The van der Waals surface area contributed by atoms with Gasteiger partial charge in [-0.25, -0.2) is 8.42 Å². The lowest BCUT2D eigenvalue weighted by molar-refractivity contribution is 0.388. The van der Waals surface area contributed by atoms with Crippen molar-refractivity contribution in [2.24, 2.45) is 5.92 Å². The van der Waals surface area contributed by atoms with Crippen LogP contribution in [0.4, 0.5) is 0 Å². The summed E-state index contributed by atoms with van der Waals surface area (Å²) in [5.41, 5.74) is 2.72. The fraction of sp³-hybridized carbons (Fsp3) is 0.625. The third kappa shape index (κ3) is 3.13. The average Bonchev–Trinajstić information content (AvgIpc) is 3.31. The summed E-state index contributed by atoms with van der Waals surface area (Å²) in [6.45, 7) is 4.53. The Morgan fingerprint density at radius 1 is 1.19 bits per heavy atom. The highest BCUT2D eigenvalue weighted by atomic mass is 35.5. The third-order valence-electron chi connectivity index (χ3n) is 4.51. The summed E-state index contributed by atoms with van der Waals surface area (Å²) in [6.07, 6.45) is 4.33. The van der Waals surface area contributed by atoms with Crippen LogP contribution in [-0.2, 0) is 15.9 Å². The molecule has 0 radical (unpaired) electrons. The van der Waals surface area contributed by atoms with Crippen LogP contribution >= 0.6 is 11.6 Å². The summed E-state index contributed by atoms with van der Waals surface area (Å²) in [6, 6.07) is 3.95. The van der Waals surface area contributed by atoms with E-state index in [2.05, 4.69) is 0 Å². The molecule has 0 heterocycles. The Kier molecular flexibility index (Phi) is 4.06. The highest BCUT2D eigenvalue weighted by Gasteiger charge is 2.41. The van der Waals surface area contributed by atoms with Crippen molar-refractivity contribution in [3.05, 3.63) is 28.8 Å². The molecular weight excluding hydrogens is 306 g/mol. The zero-order valence-corrected chi connectivity index (χ0v) is 14.2. The van der Waals surface area contributed by atoms with Gasteiger partial charge in [-0.3, -0.25) is 0 Å². The fourth-order valence-corrected chi connectivity index (χ4v) is 5.00. The second-order valence-corrected chi connectivity index (χ2v) is 8.54. The minimum absolute atomic E-state index is 0.218. The molecule has 0 N–H and O–H groups in total. The second kappa shape index (κ2) is 5.56. The third-order valence-corrected chi connectivity index (χ3v) is 6.86. The molecule has 0 aliphatic heterocycles. The van der Waals surface area contributed by atoms with Crippen LogP contribution in [0.25, 0.3) is 0 Å². The summed E-state index contributed by atoms with van der Waals surface area (Å²) < 4.78 is 28.0. The van der Waals surface area contributed by atoms with Gasteiger partial charge in [0.05, 0.1) is 4.90 Å². The molecule has 0 bridgehead atoms. The molecule has 2 aliphatic carbocycles. The number of halogens is 1. The average molecular weight is 328 g/mol. The maximum absolute atomic E-state index is 13.1. The smallest absolute Gasteiger partial charge is 0.207 e. The van der Waals surface area contributed by atoms with Crippen molar-refractivity contribution in [1.82, 2.24) is 4.31 Å². The summed E-state index contributed by atoms with van der Waals surface area (Å²) in [5.74, 6) is 0.911. The fourth-order valence-electron chi connectivity index (χ4n) is 2.73. The van der Waals surface area contributed by atoms with Gasteiger partial charge in [0.2, 0.25) is 10.0 Å². The van der Waals surface area contributed by atoms with Gasteiger partial charge in [-0.05, 0) is 68.2 Å². The molecule has 116 valence electrons. The summed E-state index contributed by atoms with van der Waals surface area (Å²) in [5, 5.41) is 0. The number of hydrogen-bond donors (Lipinski definition) is 0. The Labute approximate surface area is 132 Å². The maximum atomic E-state index is 13.1. The molecule has 1 aromatic rings. The van der Waals surface area contributed by atoms with E-state index in [4.69, 9.17) is 11.6 Å². The van der Waals surface area contributed by atoms with Crippen molar-refractivity contribution in [1.29, 1.82) is 0 Å². The van der Waals surface area contributed by atoms with Gasteiger partial charge in [0.25, 0.3) is 0 Å². The first kappa shape index (κ1) is 15.3. The van der Waals surface area contributed by atoms with E-state index >= 15 is 0 Å². The predicted octanol–water partition coefficient (Wildman–Crippen LogP) is 3.61. The zero-order valence-electron chi connectivity index (χ0n) is 12.6. The normalized spacial score (nSPS) is 19.2. The first-order chi connectivity index (χ1) is 9.93. The molecule has 3 nitrogen and oxygen atoms in total. The number of alkyl halides is 1. The van der Waals surface area contributed by atoms with Crippen molar-refractivity contribution in [3.63, 3.8) is 0 Å². The van der Waals surface area contributed by atoms with E-state index in [0.29, 0.717) is 23.2 Å². The lowest BCUT2D eigenvalue weighted by Gasteiger charge is -2.23. The van der Waals surface area contributed by atoms with E-state index in [-0.39, 0.29) is 6.04 Å². The number of nitrogens with zero attached hydrogens (tertiary/aromatic N) is 1. The number of aryl methyl sites for hydroxylation is 1. The van der Waals surface area contributed by atoms with Crippen LogP contribution < -0.4 is 0 Å². The molecule has 5 heteroatoms. The van der Waals surface area contributed by atoms with Crippen LogP contribution in [0.1, 0.15) is 42.4 Å². The van der Waals surface area contributed by atoms with Crippen LogP contribution in [-0.4, -0.2) is 25.3 Å². The van der Waals surface area contributed by atoms with Gasteiger partial charge in [-0.1, -0.05) is 6.07 Å². The van der Waals surface area contributed by atoms with Gasteiger partial charge in [0.1, 0.15) is 0 Å². The first-order valence-corrected chi connectivity index (χ1v) is 9.59. The van der Waals surface area contributed by atoms with Crippen molar-refractivity contribution in [2.75, 3.05) is 6.54 Å². The molecule has 0 spiro atoms. The van der Waals surface area contributed by atoms with E-state index in [1.165, 1.54) is 12.8 Å². The number of sulfonamides is 1. The summed E-state index contributed by atoms with van der Waals surface area (Å²) in [4.78, 5) is 0.450. The molecule has 0 atom stereocenters. The molecule has 2 aliphatic rings. The van der Waals surface area contributed by atoms with Gasteiger partial charge in [-0.2, -0.15) is 4.31 Å². The van der Waals surface area contributed by atoms with Crippen LogP contribution in [0.15, 0.2) is 17.0 Å². The number of benzene rings is 1. The minimum atomic E-state index is -3.40. The molecule has 2 saturated carbocycles. The van der Waals surface area contributed by atoms with Crippen LogP contribution in [0.2, 0.25) is 0 Å². The Balaban J connectivity index is 2.01. The number of hydrogen-bond acceptors (Lipinski definition) is 2. The van der Waals surface area contributed by atoms with E-state index in [0.717, 1.165) is 29.5 Å². The van der Waals surface area contributed by atoms with E-state index in [1.54, 1.807) is 10.4 Å². The Morgan fingerprint density at radius 2 is 1.86 bits per heavy atom. The highest BCUT2D eigenvalue weighted by molar-refractivity contribution is 7.89. The van der Waals surface area contributed by atoms with Crippen LogP contribution in [0, 0.1) is 19.8 Å². The lowest BCUT2D eigenvalue weighted by atomic mass is 10.1. The van der Waals surface area contributed by atoms with E-state index < -0.39 is 10.0 Å². The van der Waals surface area contributed by atoms with Gasteiger partial charge in [-0.15, -0.1) is 11.6 Å². The van der Waals surface area contributed by atoms with Crippen molar-refractivity contribution < 1.29 is 8.42 Å². The monoisotopic (exact) mass is 327 g/mol. The van der Waals surface area contributed by atoms with Crippen LogP contribution in [0.3, 0.4) is 0 Å². The van der Waals surface area contributed by atoms with Gasteiger partial charge in [0, 0.05) is 18.5 Å². The molecule has 1 aromatic carbocycles. The lowest BCUT2D eigenvalue weighted by Crippen LogP contribution is -2.35. The van der Waals surface area contributed by atoms with Gasteiger partial charge >= 0.3 is 0 Å². The maximum Gasteiger partial charge on any atom is 0.243 e. The quantitative estimate of drug-likeness (QED) is 0.748. The highest BCUT2D eigenvalue weighted by Crippen LogP contribution is 2.39. The molecule has 0 unspecified atom stereocenters. The van der Waals surface area contributed by atoms with Crippen molar-refractivity contribution >= 4 is 21.6 Å². The Hall–Kier alpha value is -0.580. The van der Waals surface area contributed by atoms with Crippen molar-refractivity contribution in [2.45, 2.75) is 56.3 Å². The summed E-state index contributed by atoms with van der Waals surface area (Å²) >= 11 is 5.91. The van der Waals surface area contributed by atoms with E-state index in [1.807, 2.05) is 19.9 Å². The predicted molar refractivity (Wildman–Crippen MR) is 85.1 cm³/mol. The molecule has 0 aromatic heterocycles. The van der Waals surface area contributed by atoms with E-state index in [9.17, 15) is 8.42 Å². The molecule has 2 fully saturated rings. The Bertz CT molecular complexity index is 648. The standard InChI is InChI=1S/C16H22ClNO2S/c1-11-7-14(9-17)8-16(12(11)2)21(19,20)18(15-5-6-15)10-13-3-4-13/h7-8,13,15H,3-6,9-10H2,1-2H3. The zero-order chi connectivity index (χ0) is 15.2. The van der Waals surface area contributed by atoms with Crippen molar-refractivity contribution in [3.8, 4) is 0 Å². The molecule has 3 rings (SSSR count). The minimum Gasteiger partial charge on any atom is -0.207 e. The van der Waals surface area contributed by atoms with Gasteiger partial charge < -0.3 is 0 Å². The van der Waals surface area contributed by atoms with Gasteiger partial charge in [0.15, 0.2) is 0 Å². The topological polar surface area (TPSA) is 37.4 Å². The molecule has 0 amide bonds. The SMILES string of the molecule is Cc1cc(CCl)cc(S(=O)(=O)N(CC2CC2)C2CC2)c1C. The molecule has 21 heavy (non-hydrogen) atoms. The largest absolute Gasteiger partial charge is 0.243 e. The van der Waals surface area contributed by atoms with Crippen LogP contribution in [0.5, 0.6) is 0 Å².